The predicted octanol–water partition coefficient (Wildman–Crippen LogP) is 3.23. The third-order valence-corrected chi connectivity index (χ3v) is 6.81. The molecule has 0 bridgehead atoms. The third kappa shape index (κ3) is 2.26. The number of anilines is 1. The highest BCUT2D eigenvalue weighted by molar-refractivity contribution is 5.92. The van der Waals surface area contributed by atoms with E-state index in [0.29, 0.717) is 48.3 Å². The van der Waals surface area contributed by atoms with E-state index >= 15 is 0 Å². The van der Waals surface area contributed by atoms with Crippen LogP contribution in [0.15, 0.2) is 25.2 Å². The minimum absolute atomic E-state index is 0.00934. The van der Waals surface area contributed by atoms with Gasteiger partial charge >= 0.3 is 0 Å². The van der Waals surface area contributed by atoms with Crippen molar-refractivity contribution in [3.05, 3.63) is 30.7 Å². The monoisotopic (exact) mass is 387 g/mol. The maximum Gasteiger partial charge on any atom is 0.262 e. The number of fused-ring (bicyclic) bond motifs is 2. The Labute approximate surface area is 161 Å². The molecule has 3 unspecified atom stereocenters. The second-order valence-corrected chi connectivity index (χ2v) is 8.16. The van der Waals surface area contributed by atoms with Gasteiger partial charge in [0, 0.05) is 31.2 Å². The Morgan fingerprint density at radius 2 is 2.21 bits per heavy atom. The van der Waals surface area contributed by atoms with Crippen molar-refractivity contribution in [1.82, 2.24) is 19.9 Å². The number of carbonyl (C=O) groups excluding carboxylic acids is 1. The lowest BCUT2D eigenvalue weighted by Gasteiger charge is -2.33. The molecule has 5 rings (SSSR count). The van der Waals surface area contributed by atoms with Crippen molar-refractivity contribution in [3.8, 4) is 0 Å². The van der Waals surface area contributed by atoms with Crippen molar-refractivity contribution in [2.45, 2.75) is 49.5 Å². The molecular weight excluding hydrogens is 364 g/mol. The zero-order valence-electron chi connectivity index (χ0n) is 15.5. The summed E-state index contributed by atoms with van der Waals surface area (Å²) in [7, 11) is 0. The summed E-state index contributed by atoms with van der Waals surface area (Å²) in [6.45, 7) is 4.80. The number of aromatic nitrogens is 3. The lowest BCUT2D eigenvalue weighted by atomic mass is 9.92. The molecule has 2 aromatic heterocycles. The maximum atomic E-state index is 14.6. The molecule has 0 spiro atoms. The minimum Gasteiger partial charge on any atom is -0.365 e. The first-order valence-corrected chi connectivity index (χ1v) is 9.87. The van der Waals surface area contributed by atoms with Gasteiger partial charge in [0.2, 0.25) is 5.91 Å². The number of piperidine rings is 1. The lowest BCUT2D eigenvalue weighted by molar-refractivity contribution is -0.127. The molecule has 3 aliphatic rings. The standard InChI is InChI=1S/C20H23F2N5O/c1-2-15(28)27-8-4-5-12(10-27)26-18-16-13(9-23-17(16)24-11-25-18)19-7-3-6-14(19)20(19,21)22/h2,9,11-12,14H,1,3-8,10H2,(H2,23,24,25,26). The number of nitrogens with one attached hydrogen (secondary N) is 2. The summed E-state index contributed by atoms with van der Waals surface area (Å²) in [5.41, 5.74) is 0.127. The van der Waals surface area contributed by atoms with Crippen molar-refractivity contribution in [3.63, 3.8) is 0 Å². The van der Waals surface area contributed by atoms with Gasteiger partial charge in [0.15, 0.2) is 0 Å². The van der Waals surface area contributed by atoms with Gasteiger partial charge in [-0.3, -0.25) is 4.79 Å². The molecule has 2 N–H and O–H groups in total. The average molecular weight is 387 g/mol. The van der Waals surface area contributed by atoms with Crippen molar-refractivity contribution in [1.29, 1.82) is 0 Å². The molecule has 2 saturated carbocycles. The Kier molecular flexibility index (Phi) is 3.76. The van der Waals surface area contributed by atoms with E-state index in [1.165, 1.54) is 12.4 Å². The summed E-state index contributed by atoms with van der Waals surface area (Å²) in [6.07, 6.45) is 8.10. The molecule has 2 aliphatic carbocycles. The zero-order chi connectivity index (χ0) is 19.5. The van der Waals surface area contributed by atoms with Crippen LogP contribution in [0.2, 0.25) is 0 Å². The number of nitrogens with zero attached hydrogens (tertiary/aromatic N) is 3. The summed E-state index contributed by atoms with van der Waals surface area (Å²) in [4.78, 5) is 25.4. The molecule has 3 atom stereocenters. The minimum atomic E-state index is -2.66. The van der Waals surface area contributed by atoms with Crippen LogP contribution in [-0.2, 0) is 10.2 Å². The highest BCUT2D eigenvalue weighted by atomic mass is 19.3. The summed E-state index contributed by atoms with van der Waals surface area (Å²) < 4.78 is 29.3. The Balaban J connectivity index is 1.49. The zero-order valence-corrected chi connectivity index (χ0v) is 15.5. The van der Waals surface area contributed by atoms with E-state index < -0.39 is 17.3 Å². The van der Waals surface area contributed by atoms with Gasteiger partial charge in [0.1, 0.15) is 17.8 Å². The Bertz CT molecular complexity index is 957. The molecule has 1 amide bonds. The maximum absolute atomic E-state index is 14.6. The van der Waals surface area contributed by atoms with Crippen LogP contribution < -0.4 is 5.32 Å². The fraction of sp³-hybridized carbons (Fsp3) is 0.550. The van der Waals surface area contributed by atoms with Crippen molar-refractivity contribution < 1.29 is 13.6 Å². The molecule has 2 aromatic rings. The van der Waals surface area contributed by atoms with Gasteiger partial charge in [0.25, 0.3) is 5.92 Å². The number of aromatic amines is 1. The SMILES string of the molecule is C=CC(=O)N1CCCC(Nc2ncnc3[nH]cc(C45CCCC4C5(F)F)c23)C1. The quantitative estimate of drug-likeness (QED) is 0.790. The number of likely N-dealkylation sites (tertiary alicyclic amines) is 1. The molecule has 3 fully saturated rings. The van der Waals surface area contributed by atoms with Gasteiger partial charge < -0.3 is 15.2 Å². The molecule has 3 heterocycles. The fourth-order valence-electron chi connectivity index (χ4n) is 5.43. The molecular formula is C20H23F2N5O. The van der Waals surface area contributed by atoms with Crippen LogP contribution >= 0.6 is 0 Å². The van der Waals surface area contributed by atoms with Crippen LogP contribution in [0.3, 0.4) is 0 Å². The highest BCUT2D eigenvalue weighted by Crippen LogP contribution is 2.75. The van der Waals surface area contributed by atoms with E-state index in [2.05, 4.69) is 26.8 Å². The first kappa shape index (κ1) is 17.6. The van der Waals surface area contributed by atoms with Gasteiger partial charge in [-0.2, -0.15) is 0 Å². The first-order chi connectivity index (χ1) is 13.5. The molecule has 0 aromatic carbocycles. The topological polar surface area (TPSA) is 73.9 Å². The summed E-state index contributed by atoms with van der Waals surface area (Å²) >= 11 is 0. The van der Waals surface area contributed by atoms with Gasteiger partial charge in [-0.25, -0.2) is 18.7 Å². The van der Waals surface area contributed by atoms with Gasteiger partial charge in [0.05, 0.1) is 10.8 Å². The fourth-order valence-corrected chi connectivity index (χ4v) is 5.43. The van der Waals surface area contributed by atoms with Crippen LogP contribution in [0.5, 0.6) is 0 Å². The molecule has 6 nitrogen and oxygen atoms in total. The van der Waals surface area contributed by atoms with E-state index in [0.717, 1.165) is 19.3 Å². The third-order valence-electron chi connectivity index (χ3n) is 6.81. The summed E-state index contributed by atoms with van der Waals surface area (Å²) in [6, 6.07) is 0.00934. The number of halogens is 2. The van der Waals surface area contributed by atoms with E-state index in [1.54, 1.807) is 11.1 Å². The van der Waals surface area contributed by atoms with Crippen LogP contribution in [0.25, 0.3) is 11.0 Å². The van der Waals surface area contributed by atoms with Crippen molar-refractivity contribution in [2.75, 3.05) is 18.4 Å². The Morgan fingerprint density at radius 3 is 2.96 bits per heavy atom. The molecule has 148 valence electrons. The summed E-state index contributed by atoms with van der Waals surface area (Å²) in [5.74, 6) is -2.76. The van der Waals surface area contributed by atoms with Gasteiger partial charge in [-0.15, -0.1) is 0 Å². The second-order valence-electron chi connectivity index (χ2n) is 8.16. The molecule has 1 aliphatic heterocycles. The number of H-pyrrole nitrogens is 1. The number of hydrogen-bond donors (Lipinski definition) is 2. The van der Waals surface area contributed by atoms with Gasteiger partial charge in [-0.05, 0) is 37.3 Å². The Morgan fingerprint density at radius 1 is 1.36 bits per heavy atom. The molecule has 0 radical (unpaired) electrons. The van der Waals surface area contributed by atoms with Gasteiger partial charge in [-0.1, -0.05) is 13.0 Å². The predicted molar refractivity (Wildman–Crippen MR) is 101 cm³/mol. The molecule has 8 heteroatoms. The summed E-state index contributed by atoms with van der Waals surface area (Å²) in [5, 5.41) is 4.07. The van der Waals surface area contributed by atoms with E-state index in [1.807, 2.05) is 0 Å². The van der Waals surface area contributed by atoms with E-state index in [4.69, 9.17) is 0 Å². The lowest BCUT2D eigenvalue weighted by Crippen LogP contribution is -2.44. The highest BCUT2D eigenvalue weighted by Gasteiger charge is 2.82. The Hall–Kier alpha value is -2.51. The van der Waals surface area contributed by atoms with E-state index in [-0.39, 0.29) is 11.9 Å². The number of rotatable bonds is 4. The normalized spacial score (nSPS) is 30.9. The molecule has 28 heavy (non-hydrogen) atoms. The number of alkyl halides is 2. The van der Waals surface area contributed by atoms with Crippen LogP contribution in [0.1, 0.15) is 37.7 Å². The van der Waals surface area contributed by atoms with Crippen LogP contribution in [0.4, 0.5) is 14.6 Å². The van der Waals surface area contributed by atoms with Crippen LogP contribution in [0, 0.1) is 5.92 Å². The number of hydrogen-bond acceptors (Lipinski definition) is 4. The van der Waals surface area contributed by atoms with Crippen LogP contribution in [-0.4, -0.2) is 50.8 Å². The number of amides is 1. The first-order valence-electron chi connectivity index (χ1n) is 9.87. The second kappa shape index (κ2) is 5.99. The number of carbonyl (C=O) groups is 1. The smallest absolute Gasteiger partial charge is 0.262 e. The average Bonchev–Trinajstić information content (AvgIpc) is 3.15. The van der Waals surface area contributed by atoms with Crippen molar-refractivity contribution in [2.24, 2.45) is 5.92 Å². The van der Waals surface area contributed by atoms with E-state index in [9.17, 15) is 13.6 Å². The molecule has 1 saturated heterocycles. The largest absolute Gasteiger partial charge is 0.365 e. The van der Waals surface area contributed by atoms with Crippen molar-refractivity contribution >= 4 is 22.8 Å².